The van der Waals surface area contributed by atoms with Crippen LogP contribution in [0.25, 0.3) is 0 Å². The monoisotopic (exact) mass is 254 g/mol. The maximum absolute atomic E-state index is 3.62. The first kappa shape index (κ1) is 16.0. The Morgan fingerprint density at radius 2 is 1.78 bits per heavy atom. The largest absolute Gasteiger partial charge is 0.314 e. The first-order chi connectivity index (χ1) is 8.34. The topological polar surface area (TPSA) is 15.3 Å². The van der Waals surface area contributed by atoms with Crippen molar-refractivity contribution in [3.8, 4) is 0 Å². The summed E-state index contributed by atoms with van der Waals surface area (Å²) in [6.45, 7) is 19.0. The lowest BCUT2D eigenvalue weighted by Gasteiger charge is -2.41. The van der Waals surface area contributed by atoms with Gasteiger partial charge < -0.3 is 10.2 Å². The van der Waals surface area contributed by atoms with E-state index in [-0.39, 0.29) is 0 Å². The minimum atomic E-state index is 0.418. The second-order valence-corrected chi connectivity index (χ2v) is 7.34. The summed E-state index contributed by atoms with van der Waals surface area (Å²) in [6, 6.07) is 0.593. The SMILES string of the molecule is CCC(C)(CNC(C)C)CN1CC(C)CC(C)C1. The van der Waals surface area contributed by atoms with Crippen LogP contribution in [0.4, 0.5) is 0 Å². The number of hydrogen-bond donors (Lipinski definition) is 1. The summed E-state index contributed by atoms with van der Waals surface area (Å²) in [6.07, 6.45) is 2.66. The Labute approximate surface area is 115 Å². The lowest BCUT2D eigenvalue weighted by atomic mass is 9.84. The molecule has 1 heterocycles. The van der Waals surface area contributed by atoms with Crippen LogP contribution >= 0.6 is 0 Å². The fraction of sp³-hybridized carbons (Fsp3) is 1.00. The predicted molar refractivity (Wildman–Crippen MR) is 80.9 cm³/mol. The van der Waals surface area contributed by atoms with Crippen LogP contribution in [0.15, 0.2) is 0 Å². The van der Waals surface area contributed by atoms with Gasteiger partial charge >= 0.3 is 0 Å². The molecule has 1 aliphatic rings. The summed E-state index contributed by atoms with van der Waals surface area (Å²) in [7, 11) is 0. The molecular formula is C16H34N2. The lowest BCUT2D eigenvalue weighted by Crippen LogP contribution is -2.48. The predicted octanol–water partition coefficient (Wildman–Crippen LogP) is 3.38. The van der Waals surface area contributed by atoms with Crippen molar-refractivity contribution in [1.29, 1.82) is 0 Å². The zero-order valence-corrected chi connectivity index (χ0v) is 13.4. The van der Waals surface area contributed by atoms with Crippen molar-refractivity contribution in [3.05, 3.63) is 0 Å². The molecule has 1 aliphatic heterocycles. The normalized spacial score (nSPS) is 29.5. The Bertz CT molecular complexity index is 229. The Kier molecular flexibility index (Phi) is 6.13. The third kappa shape index (κ3) is 5.27. The average Bonchev–Trinajstić information content (AvgIpc) is 2.25. The molecule has 0 aromatic carbocycles. The van der Waals surface area contributed by atoms with Crippen molar-refractivity contribution >= 4 is 0 Å². The van der Waals surface area contributed by atoms with Gasteiger partial charge in [-0.15, -0.1) is 0 Å². The number of hydrogen-bond acceptors (Lipinski definition) is 2. The molecule has 0 aromatic rings. The van der Waals surface area contributed by atoms with E-state index in [0.29, 0.717) is 11.5 Å². The highest BCUT2D eigenvalue weighted by Crippen LogP contribution is 2.27. The molecule has 0 aromatic heterocycles. The second-order valence-electron chi connectivity index (χ2n) is 7.34. The molecule has 18 heavy (non-hydrogen) atoms. The fourth-order valence-electron chi connectivity index (χ4n) is 3.20. The van der Waals surface area contributed by atoms with Crippen molar-refractivity contribution in [1.82, 2.24) is 10.2 Å². The Morgan fingerprint density at radius 1 is 1.22 bits per heavy atom. The second kappa shape index (κ2) is 6.91. The van der Waals surface area contributed by atoms with E-state index >= 15 is 0 Å². The van der Waals surface area contributed by atoms with E-state index in [2.05, 4.69) is 51.8 Å². The zero-order chi connectivity index (χ0) is 13.8. The summed E-state index contributed by atoms with van der Waals surface area (Å²) in [5, 5.41) is 3.62. The van der Waals surface area contributed by atoms with Crippen molar-refractivity contribution in [2.75, 3.05) is 26.2 Å². The molecule has 2 nitrogen and oxygen atoms in total. The van der Waals surface area contributed by atoms with Crippen LogP contribution in [0.2, 0.25) is 0 Å². The number of piperidine rings is 1. The third-order valence-corrected chi connectivity index (χ3v) is 4.34. The van der Waals surface area contributed by atoms with Crippen LogP contribution in [-0.4, -0.2) is 37.1 Å². The lowest BCUT2D eigenvalue weighted by molar-refractivity contribution is 0.0857. The Morgan fingerprint density at radius 3 is 2.22 bits per heavy atom. The van der Waals surface area contributed by atoms with Crippen LogP contribution in [-0.2, 0) is 0 Å². The van der Waals surface area contributed by atoms with Crippen LogP contribution < -0.4 is 5.32 Å². The molecule has 0 spiro atoms. The maximum atomic E-state index is 3.62. The molecule has 3 unspecified atom stereocenters. The molecule has 3 atom stereocenters. The molecule has 0 bridgehead atoms. The Balaban J connectivity index is 2.50. The number of rotatable bonds is 6. The molecule has 108 valence electrons. The molecule has 0 amide bonds. The van der Waals surface area contributed by atoms with E-state index in [1.165, 1.54) is 32.5 Å². The summed E-state index contributed by atoms with van der Waals surface area (Å²) in [4.78, 5) is 2.70. The van der Waals surface area contributed by atoms with Crippen molar-refractivity contribution in [2.24, 2.45) is 17.3 Å². The molecule has 1 rings (SSSR count). The van der Waals surface area contributed by atoms with E-state index < -0.39 is 0 Å². The summed E-state index contributed by atoms with van der Waals surface area (Å²) < 4.78 is 0. The van der Waals surface area contributed by atoms with Gasteiger partial charge in [-0.2, -0.15) is 0 Å². The van der Waals surface area contributed by atoms with E-state index in [9.17, 15) is 0 Å². The van der Waals surface area contributed by atoms with Gasteiger partial charge in [0.1, 0.15) is 0 Å². The van der Waals surface area contributed by atoms with Crippen molar-refractivity contribution in [3.63, 3.8) is 0 Å². The molecule has 0 saturated carbocycles. The number of nitrogens with zero attached hydrogens (tertiary/aromatic N) is 1. The van der Waals surface area contributed by atoms with Gasteiger partial charge in [0.15, 0.2) is 0 Å². The zero-order valence-electron chi connectivity index (χ0n) is 13.4. The number of nitrogens with one attached hydrogen (secondary N) is 1. The van der Waals surface area contributed by atoms with Gasteiger partial charge in [-0.1, -0.05) is 41.5 Å². The van der Waals surface area contributed by atoms with E-state index in [1.807, 2.05) is 0 Å². The van der Waals surface area contributed by atoms with Gasteiger partial charge in [0.25, 0.3) is 0 Å². The van der Waals surface area contributed by atoms with Crippen LogP contribution in [0.3, 0.4) is 0 Å². The van der Waals surface area contributed by atoms with Crippen molar-refractivity contribution < 1.29 is 0 Å². The van der Waals surface area contributed by atoms with Gasteiger partial charge in [0.05, 0.1) is 0 Å². The first-order valence-electron chi connectivity index (χ1n) is 7.80. The summed E-state index contributed by atoms with van der Waals surface area (Å²) in [5.74, 6) is 1.74. The highest BCUT2D eigenvalue weighted by Gasteiger charge is 2.29. The van der Waals surface area contributed by atoms with Crippen molar-refractivity contribution in [2.45, 2.75) is 60.4 Å². The first-order valence-corrected chi connectivity index (χ1v) is 7.80. The molecular weight excluding hydrogens is 220 g/mol. The smallest absolute Gasteiger partial charge is 0.00476 e. The van der Waals surface area contributed by atoms with Gasteiger partial charge in [-0.05, 0) is 30.1 Å². The molecule has 2 heteroatoms. The molecule has 0 radical (unpaired) electrons. The van der Waals surface area contributed by atoms with Crippen LogP contribution in [0.5, 0.6) is 0 Å². The summed E-state index contributed by atoms with van der Waals surface area (Å²) >= 11 is 0. The standard InChI is InChI=1S/C16H34N2/c1-7-16(6,11-17-13(2)3)12-18-9-14(4)8-15(5)10-18/h13-15,17H,7-12H2,1-6H3. The van der Waals surface area contributed by atoms with Gasteiger partial charge in [0, 0.05) is 32.2 Å². The van der Waals surface area contributed by atoms with E-state index in [4.69, 9.17) is 0 Å². The molecule has 0 aliphatic carbocycles. The molecule has 1 N–H and O–H groups in total. The quantitative estimate of drug-likeness (QED) is 0.782. The Hall–Kier alpha value is -0.0800. The number of likely N-dealkylation sites (tertiary alicyclic amines) is 1. The van der Waals surface area contributed by atoms with Gasteiger partial charge in [0.2, 0.25) is 0 Å². The summed E-state index contributed by atoms with van der Waals surface area (Å²) in [5.41, 5.74) is 0.418. The molecule has 1 fully saturated rings. The molecule has 1 saturated heterocycles. The maximum Gasteiger partial charge on any atom is 0.00476 e. The highest BCUT2D eigenvalue weighted by atomic mass is 15.1. The highest BCUT2D eigenvalue weighted by molar-refractivity contribution is 4.84. The third-order valence-electron chi connectivity index (χ3n) is 4.34. The minimum Gasteiger partial charge on any atom is -0.314 e. The average molecular weight is 254 g/mol. The fourth-order valence-corrected chi connectivity index (χ4v) is 3.20. The van der Waals surface area contributed by atoms with Gasteiger partial charge in [-0.3, -0.25) is 0 Å². The van der Waals surface area contributed by atoms with Crippen LogP contribution in [0, 0.1) is 17.3 Å². The van der Waals surface area contributed by atoms with Crippen LogP contribution in [0.1, 0.15) is 54.4 Å². The minimum absolute atomic E-state index is 0.418. The van der Waals surface area contributed by atoms with E-state index in [0.717, 1.165) is 18.4 Å². The van der Waals surface area contributed by atoms with E-state index in [1.54, 1.807) is 0 Å². The van der Waals surface area contributed by atoms with Gasteiger partial charge in [-0.25, -0.2) is 0 Å².